The van der Waals surface area contributed by atoms with Crippen LogP contribution in [-0.2, 0) is 6.42 Å². The Morgan fingerprint density at radius 1 is 1.28 bits per heavy atom. The van der Waals surface area contributed by atoms with Crippen LogP contribution in [0.4, 0.5) is 4.39 Å². The van der Waals surface area contributed by atoms with E-state index in [-0.39, 0.29) is 11.4 Å². The fourth-order valence-electron chi connectivity index (χ4n) is 2.12. The number of rotatable bonds is 3. The van der Waals surface area contributed by atoms with Crippen LogP contribution in [0, 0.1) is 12.7 Å². The van der Waals surface area contributed by atoms with Crippen LogP contribution < -0.4 is 5.32 Å². The summed E-state index contributed by atoms with van der Waals surface area (Å²) in [4.78, 5) is 0. The first kappa shape index (κ1) is 13.1. The Bertz CT molecular complexity index is 551. The molecule has 0 aliphatic carbocycles. The van der Waals surface area contributed by atoms with Crippen molar-refractivity contribution in [2.45, 2.75) is 39.7 Å². The summed E-state index contributed by atoms with van der Waals surface area (Å²) in [5, 5.41) is 4.35. The predicted octanol–water partition coefficient (Wildman–Crippen LogP) is 3.81. The molecule has 0 atom stereocenters. The van der Waals surface area contributed by atoms with Crippen LogP contribution in [0.5, 0.6) is 0 Å². The number of aryl methyl sites for hydroxylation is 1. The SMILES string of the molecule is Cc1ccc(F)c2occ(CCNC(C)(C)C)c12. The smallest absolute Gasteiger partial charge is 0.170 e. The lowest BCUT2D eigenvalue weighted by Gasteiger charge is -2.20. The van der Waals surface area contributed by atoms with Gasteiger partial charge in [-0.05, 0) is 57.9 Å². The molecule has 0 saturated heterocycles. The summed E-state index contributed by atoms with van der Waals surface area (Å²) in [6.45, 7) is 9.23. The van der Waals surface area contributed by atoms with E-state index in [9.17, 15) is 4.39 Å². The molecule has 2 aromatic rings. The van der Waals surface area contributed by atoms with Crippen LogP contribution in [0.3, 0.4) is 0 Å². The molecule has 0 fully saturated rings. The van der Waals surface area contributed by atoms with Gasteiger partial charge in [-0.15, -0.1) is 0 Å². The summed E-state index contributed by atoms with van der Waals surface area (Å²) in [6, 6.07) is 3.26. The number of hydrogen-bond donors (Lipinski definition) is 1. The molecular formula is C15H20FNO. The quantitative estimate of drug-likeness (QED) is 0.894. The minimum Gasteiger partial charge on any atom is -0.461 e. The molecule has 0 bridgehead atoms. The van der Waals surface area contributed by atoms with Crippen LogP contribution >= 0.6 is 0 Å². The number of hydrogen-bond acceptors (Lipinski definition) is 2. The van der Waals surface area contributed by atoms with Crippen molar-refractivity contribution in [3.8, 4) is 0 Å². The molecule has 98 valence electrons. The van der Waals surface area contributed by atoms with E-state index in [1.807, 2.05) is 6.92 Å². The Morgan fingerprint density at radius 2 is 2.00 bits per heavy atom. The molecule has 1 N–H and O–H groups in total. The van der Waals surface area contributed by atoms with E-state index in [4.69, 9.17) is 4.42 Å². The summed E-state index contributed by atoms with van der Waals surface area (Å²) in [5.41, 5.74) is 2.60. The molecule has 0 aliphatic heterocycles. The van der Waals surface area contributed by atoms with Crippen molar-refractivity contribution in [1.82, 2.24) is 5.32 Å². The van der Waals surface area contributed by atoms with Gasteiger partial charge < -0.3 is 9.73 Å². The van der Waals surface area contributed by atoms with Crippen molar-refractivity contribution in [1.29, 1.82) is 0 Å². The third-order valence-corrected chi connectivity index (χ3v) is 3.01. The van der Waals surface area contributed by atoms with Crippen molar-refractivity contribution < 1.29 is 8.81 Å². The molecule has 0 amide bonds. The molecule has 0 radical (unpaired) electrons. The van der Waals surface area contributed by atoms with E-state index in [0.717, 1.165) is 29.5 Å². The number of halogens is 1. The number of benzene rings is 1. The maximum Gasteiger partial charge on any atom is 0.170 e. The normalized spacial score (nSPS) is 12.3. The fraction of sp³-hybridized carbons (Fsp3) is 0.467. The van der Waals surface area contributed by atoms with Crippen LogP contribution in [0.15, 0.2) is 22.8 Å². The largest absolute Gasteiger partial charge is 0.461 e. The first-order valence-electron chi connectivity index (χ1n) is 6.29. The van der Waals surface area contributed by atoms with E-state index in [1.165, 1.54) is 6.07 Å². The lowest BCUT2D eigenvalue weighted by atomic mass is 10.0. The molecule has 18 heavy (non-hydrogen) atoms. The van der Waals surface area contributed by atoms with Crippen molar-refractivity contribution in [2.24, 2.45) is 0 Å². The van der Waals surface area contributed by atoms with Crippen molar-refractivity contribution in [3.63, 3.8) is 0 Å². The summed E-state index contributed by atoms with van der Waals surface area (Å²) in [7, 11) is 0. The van der Waals surface area contributed by atoms with Crippen molar-refractivity contribution >= 4 is 11.0 Å². The topological polar surface area (TPSA) is 25.2 Å². The third kappa shape index (κ3) is 2.72. The van der Waals surface area contributed by atoms with Gasteiger partial charge in [0.25, 0.3) is 0 Å². The molecule has 3 heteroatoms. The Labute approximate surface area is 107 Å². The van der Waals surface area contributed by atoms with Crippen LogP contribution in [0.2, 0.25) is 0 Å². The molecule has 1 heterocycles. The van der Waals surface area contributed by atoms with Crippen LogP contribution in [0.1, 0.15) is 31.9 Å². The van der Waals surface area contributed by atoms with E-state index in [2.05, 4.69) is 26.1 Å². The molecule has 0 unspecified atom stereocenters. The van der Waals surface area contributed by atoms with Gasteiger partial charge in [-0.3, -0.25) is 0 Å². The predicted molar refractivity (Wildman–Crippen MR) is 72.4 cm³/mol. The van der Waals surface area contributed by atoms with Gasteiger partial charge in [0.15, 0.2) is 11.4 Å². The molecule has 2 rings (SSSR count). The highest BCUT2D eigenvalue weighted by molar-refractivity contribution is 5.85. The highest BCUT2D eigenvalue weighted by Crippen LogP contribution is 2.27. The molecule has 0 spiro atoms. The van der Waals surface area contributed by atoms with E-state index < -0.39 is 0 Å². The highest BCUT2D eigenvalue weighted by Gasteiger charge is 2.13. The second-order valence-electron chi connectivity index (χ2n) is 5.76. The Balaban J connectivity index is 2.22. The van der Waals surface area contributed by atoms with Gasteiger partial charge in [0.05, 0.1) is 6.26 Å². The Hall–Kier alpha value is -1.35. The first-order valence-corrected chi connectivity index (χ1v) is 6.29. The zero-order chi connectivity index (χ0) is 13.3. The van der Waals surface area contributed by atoms with Gasteiger partial charge in [-0.25, -0.2) is 4.39 Å². The fourth-order valence-corrected chi connectivity index (χ4v) is 2.12. The maximum atomic E-state index is 13.6. The molecule has 0 aliphatic rings. The molecular weight excluding hydrogens is 229 g/mol. The van der Waals surface area contributed by atoms with Crippen molar-refractivity contribution in [2.75, 3.05) is 6.54 Å². The van der Waals surface area contributed by atoms with Gasteiger partial charge in [0.2, 0.25) is 0 Å². The second kappa shape index (κ2) is 4.73. The van der Waals surface area contributed by atoms with Gasteiger partial charge in [-0.1, -0.05) is 6.07 Å². The monoisotopic (exact) mass is 249 g/mol. The van der Waals surface area contributed by atoms with Gasteiger partial charge in [0, 0.05) is 10.9 Å². The summed E-state index contributed by atoms with van der Waals surface area (Å²) >= 11 is 0. The average Bonchev–Trinajstić information content (AvgIpc) is 2.67. The van der Waals surface area contributed by atoms with E-state index >= 15 is 0 Å². The van der Waals surface area contributed by atoms with E-state index in [1.54, 1.807) is 12.3 Å². The van der Waals surface area contributed by atoms with Gasteiger partial charge in [-0.2, -0.15) is 0 Å². The summed E-state index contributed by atoms with van der Waals surface area (Å²) in [6.07, 6.45) is 2.51. The van der Waals surface area contributed by atoms with Gasteiger partial charge in [0.1, 0.15) is 0 Å². The van der Waals surface area contributed by atoms with Crippen molar-refractivity contribution in [3.05, 3.63) is 35.3 Å². The van der Waals surface area contributed by atoms with E-state index in [0.29, 0.717) is 5.58 Å². The zero-order valence-corrected chi connectivity index (χ0v) is 11.4. The number of furan rings is 1. The first-order chi connectivity index (χ1) is 8.38. The molecule has 1 aromatic carbocycles. The third-order valence-electron chi connectivity index (χ3n) is 3.01. The number of fused-ring (bicyclic) bond motifs is 1. The van der Waals surface area contributed by atoms with Crippen LogP contribution in [-0.4, -0.2) is 12.1 Å². The van der Waals surface area contributed by atoms with Crippen LogP contribution in [0.25, 0.3) is 11.0 Å². The summed E-state index contributed by atoms with van der Waals surface area (Å²) < 4.78 is 18.9. The maximum absolute atomic E-state index is 13.6. The molecule has 0 saturated carbocycles. The molecule has 1 aromatic heterocycles. The lowest BCUT2D eigenvalue weighted by Crippen LogP contribution is -2.37. The second-order valence-corrected chi connectivity index (χ2v) is 5.76. The number of nitrogens with one attached hydrogen (secondary N) is 1. The zero-order valence-electron chi connectivity index (χ0n) is 11.4. The summed E-state index contributed by atoms with van der Waals surface area (Å²) in [5.74, 6) is -0.286. The standard InChI is InChI=1S/C15H20FNO/c1-10-5-6-12(16)14-13(10)11(9-18-14)7-8-17-15(2,3)4/h5-6,9,17H,7-8H2,1-4H3. The Kier molecular flexibility index (Phi) is 3.44. The lowest BCUT2D eigenvalue weighted by molar-refractivity contribution is 0.429. The molecule has 2 nitrogen and oxygen atoms in total. The average molecular weight is 249 g/mol. The van der Waals surface area contributed by atoms with Gasteiger partial charge >= 0.3 is 0 Å². The minimum atomic E-state index is -0.286. The highest BCUT2D eigenvalue weighted by atomic mass is 19.1. The Morgan fingerprint density at radius 3 is 2.67 bits per heavy atom. The minimum absolute atomic E-state index is 0.0971.